The zero-order chi connectivity index (χ0) is 10.2. The number of hydrogen-bond donors (Lipinski definition) is 3. The second kappa shape index (κ2) is 3.26. The van der Waals surface area contributed by atoms with Gasteiger partial charge in [0.25, 0.3) is 0 Å². The highest BCUT2D eigenvalue weighted by Gasteiger charge is 2.31. The van der Waals surface area contributed by atoms with Crippen molar-refractivity contribution in [2.24, 2.45) is 0 Å². The molecule has 1 aliphatic carbocycles. The Bertz CT molecular complexity index is 348. The molecule has 0 bridgehead atoms. The molecule has 0 saturated heterocycles. The molecule has 0 amide bonds. The van der Waals surface area contributed by atoms with Crippen molar-refractivity contribution >= 4 is 0 Å². The van der Waals surface area contributed by atoms with Crippen LogP contribution in [0, 0.1) is 0 Å². The summed E-state index contributed by atoms with van der Waals surface area (Å²) in [5, 5.41) is 28.2. The van der Waals surface area contributed by atoms with Gasteiger partial charge in [0.2, 0.25) is 0 Å². The minimum atomic E-state index is -0.999. The van der Waals surface area contributed by atoms with Crippen LogP contribution in [0.2, 0.25) is 0 Å². The molecule has 0 aromatic heterocycles. The molecule has 1 aliphatic rings. The van der Waals surface area contributed by atoms with E-state index < -0.39 is 5.60 Å². The number of aliphatic hydroxyl groups excluding tert-OH is 1. The third-order valence-corrected chi connectivity index (χ3v) is 2.86. The molecule has 1 unspecified atom stereocenters. The average Bonchev–Trinajstić information content (AvgIpc) is 2.17. The molecule has 0 fully saturated rings. The predicted octanol–water partition coefficient (Wildman–Crippen LogP) is 0.604. The highest BCUT2D eigenvalue weighted by molar-refractivity contribution is 5.37. The summed E-state index contributed by atoms with van der Waals surface area (Å²) in [7, 11) is 0. The molecule has 0 spiro atoms. The summed E-state index contributed by atoms with van der Waals surface area (Å²) in [6.07, 6.45) is 1.77. The lowest BCUT2D eigenvalue weighted by atomic mass is 9.81. The molecule has 3 nitrogen and oxygen atoms in total. The molecule has 3 heteroatoms. The SMILES string of the molecule is OCC1(O)CCc2ccc(O)cc2C1. The van der Waals surface area contributed by atoms with Gasteiger partial charge in [-0.3, -0.25) is 0 Å². The Morgan fingerprint density at radius 2 is 2.07 bits per heavy atom. The molecular formula is C11H14O3. The molecule has 1 aromatic rings. The number of rotatable bonds is 1. The molecule has 0 saturated carbocycles. The number of benzene rings is 1. The first kappa shape index (κ1) is 9.49. The second-order valence-electron chi connectivity index (χ2n) is 4.01. The van der Waals surface area contributed by atoms with E-state index in [1.54, 1.807) is 12.1 Å². The van der Waals surface area contributed by atoms with Crippen molar-refractivity contribution < 1.29 is 15.3 Å². The van der Waals surface area contributed by atoms with Crippen molar-refractivity contribution in [1.82, 2.24) is 0 Å². The smallest absolute Gasteiger partial charge is 0.115 e. The number of phenols is 1. The highest BCUT2D eigenvalue weighted by atomic mass is 16.3. The van der Waals surface area contributed by atoms with E-state index in [1.807, 2.05) is 6.07 Å². The average molecular weight is 194 g/mol. The number of hydrogen-bond acceptors (Lipinski definition) is 3. The normalized spacial score (nSPS) is 25.9. The molecule has 76 valence electrons. The van der Waals surface area contributed by atoms with E-state index in [4.69, 9.17) is 5.11 Å². The molecule has 2 rings (SSSR count). The van der Waals surface area contributed by atoms with Crippen molar-refractivity contribution in [1.29, 1.82) is 0 Å². The third kappa shape index (κ3) is 1.61. The summed E-state index contributed by atoms with van der Waals surface area (Å²) in [5.41, 5.74) is 1.09. The van der Waals surface area contributed by atoms with E-state index in [-0.39, 0.29) is 12.4 Å². The lowest BCUT2D eigenvalue weighted by Gasteiger charge is -2.31. The Balaban J connectivity index is 2.33. The first-order chi connectivity index (χ1) is 6.63. The Hall–Kier alpha value is -1.06. The lowest BCUT2D eigenvalue weighted by molar-refractivity contribution is -0.0248. The van der Waals surface area contributed by atoms with Crippen LogP contribution in [0.5, 0.6) is 5.75 Å². The van der Waals surface area contributed by atoms with Gasteiger partial charge >= 0.3 is 0 Å². The van der Waals surface area contributed by atoms with Gasteiger partial charge in [0.15, 0.2) is 0 Å². The van der Waals surface area contributed by atoms with Crippen LogP contribution < -0.4 is 0 Å². The minimum Gasteiger partial charge on any atom is -0.508 e. The van der Waals surface area contributed by atoms with Crippen LogP contribution in [-0.4, -0.2) is 27.5 Å². The van der Waals surface area contributed by atoms with Crippen LogP contribution in [0.15, 0.2) is 18.2 Å². The molecule has 14 heavy (non-hydrogen) atoms. The predicted molar refractivity (Wildman–Crippen MR) is 52.2 cm³/mol. The molecule has 0 radical (unpaired) electrons. The van der Waals surface area contributed by atoms with Crippen molar-refractivity contribution in [3.63, 3.8) is 0 Å². The van der Waals surface area contributed by atoms with Gasteiger partial charge in [-0.25, -0.2) is 0 Å². The van der Waals surface area contributed by atoms with Gasteiger partial charge in [-0.1, -0.05) is 6.07 Å². The van der Waals surface area contributed by atoms with Gasteiger partial charge in [-0.05, 0) is 36.1 Å². The standard InChI is InChI=1S/C11H14O3/c12-7-11(14)4-3-8-1-2-10(13)5-9(8)6-11/h1-2,5,12-14H,3-4,6-7H2. The number of fused-ring (bicyclic) bond motifs is 1. The third-order valence-electron chi connectivity index (χ3n) is 2.86. The maximum Gasteiger partial charge on any atom is 0.115 e. The van der Waals surface area contributed by atoms with E-state index >= 15 is 0 Å². The lowest BCUT2D eigenvalue weighted by Crippen LogP contribution is -2.39. The van der Waals surface area contributed by atoms with Crippen LogP contribution >= 0.6 is 0 Å². The molecule has 3 N–H and O–H groups in total. The van der Waals surface area contributed by atoms with E-state index in [0.717, 1.165) is 17.5 Å². The Morgan fingerprint density at radius 3 is 2.79 bits per heavy atom. The van der Waals surface area contributed by atoms with E-state index in [2.05, 4.69) is 0 Å². The zero-order valence-electron chi connectivity index (χ0n) is 7.90. The largest absolute Gasteiger partial charge is 0.508 e. The van der Waals surface area contributed by atoms with Gasteiger partial charge < -0.3 is 15.3 Å². The summed E-state index contributed by atoms with van der Waals surface area (Å²) >= 11 is 0. The summed E-state index contributed by atoms with van der Waals surface area (Å²) in [4.78, 5) is 0. The fourth-order valence-electron chi connectivity index (χ4n) is 1.97. The molecular weight excluding hydrogens is 180 g/mol. The summed E-state index contributed by atoms with van der Waals surface area (Å²) in [6.45, 7) is -0.220. The van der Waals surface area contributed by atoms with Gasteiger partial charge in [0, 0.05) is 6.42 Å². The summed E-state index contributed by atoms with van der Waals surface area (Å²) < 4.78 is 0. The van der Waals surface area contributed by atoms with Crippen molar-refractivity contribution in [3.8, 4) is 5.75 Å². The van der Waals surface area contributed by atoms with E-state index in [9.17, 15) is 10.2 Å². The number of aliphatic hydroxyl groups is 2. The zero-order valence-corrected chi connectivity index (χ0v) is 7.90. The van der Waals surface area contributed by atoms with Gasteiger partial charge in [-0.2, -0.15) is 0 Å². The first-order valence-corrected chi connectivity index (χ1v) is 4.77. The molecule has 0 aliphatic heterocycles. The summed E-state index contributed by atoms with van der Waals surface area (Å²) in [6, 6.07) is 5.19. The Morgan fingerprint density at radius 1 is 1.29 bits per heavy atom. The van der Waals surface area contributed by atoms with E-state index in [1.165, 1.54) is 0 Å². The van der Waals surface area contributed by atoms with Crippen LogP contribution in [0.3, 0.4) is 0 Å². The second-order valence-corrected chi connectivity index (χ2v) is 4.01. The maximum absolute atomic E-state index is 9.89. The fraction of sp³-hybridized carbons (Fsp3) is 0.455. The Labute approximate surface area is 82.6 Å². The van der Waals surface area contributed by atoms with Crippen LogP contribution in [0.4, 0.5) is 0 Å². The molecule has 0 heterocycles. The van der Waals surface area contributed by atoms with Crippen LogP contribution in [-0.2, 0) is 12.8 Å². The maximum atomic E-state index is 9.89. The number of phenolic OH excluding ortho intramolecular Hbond substituents is 1. The van der Waals surface area contributed by atoms with Gasteiger partial charge in [-0.15, -0.1) is 0 Å². The van der Waals surface area contributed by atoms with Gasteiger partial charge in [0.05, 0.1) is 12.2 Å². The number of aryl methyl sites for hydroxylation is 1. The monoisotopic (exact) mass is 194 g/mol. The van der Waals surface area contributed by atoms with Crippen molar-refractivity contribution in [2.75, 3.05) is 6.61 Å². The van der Waals surface area contributed by atoms with Gasteiger partial charge in [0.1, 0.15) is 5.75 Å². The quantitative estimate of drug-likeness (QED) is 0.613. The minimum absolute atomic E-state index is 0.214. The Kier molecular flexibility index (Phi) is 2.21. The van der Waals surface area contributed by atoms with Crippen molar-refractivity contribution in [2.45, 2.75) is 24.9 Å². The van der Waals surface area contributed by atoms with Crippen LogP contribution in [0.1, 0.15) is 17.5 Å². The van der Waals surface area contributed by atoms with E-state index in [0.29, 0.717) is 12.8 Å². The molecule has 1 atom stereocenters. The summed E-state index contributed by atoms with van der Waals surface area (Å²) in [5.74, 6) is 0.214. The fourth-order valence-corrected chi connectivity index (χ4v) is 1.97. The highest BCUT2D eigenvalue weighted by Crippen LogP contribution is 2.30. The molecule has 1 aromatic carbocycles. The van der Waals surface area contributed by atoms with Crippen LogP contribution in [0.25, 0.3) is 0 Å². The number of aromatic hydroxyl groups is 1. The topological polar surface area (TPSA) is 60.7 Å². The first-order valence-electron chi connectivity index (χ1n) is 4.77. The van der Waals surface area contributed by atoms with Crippen molar-refractivity contribution in [3.05, 3.63) is 29.3 Å².